The molecule has 1 amide bonds. The molecule has 0 aliphatic rings. The Morgan fingerprint density at radius 1 is 1.54 bits per heavy atom. The molecule has 0 bridgehead atoms. The van der Waals surface area contributed by atoms with E-state index in [2.05, 4.69) is 25.7 Å². The molecule has 3 heteroatoms. The first-order chi connectivity index (χ1) is 5.97. The standard InChI is InChI=1S/C10H20N2O/c1-7(2)5-9(8(3)4)12-10(13)6-11/h7,9H,3,5-6,11H2,1-2,4H3,(H,12,13). The Kier molecular flexibility index (Phi) is 5.39. The predicted octanol–water partition coefficient (Wildman–Crippen LogP) is 1.05. The van der Waals surface area contributed by atoms with Crippen molar-refractivity contribution in [3.8, 4) is 0 Å². The molecule has 3 N–H and O–H groups in total. The minimum atomic E-state index is -0.117. The Labute approximate surface area is 80.4 Å². The fourth-order valence-corrected chi connectivity index (χ4v) is 1.11. The van der Waals surface area contributed by atoms with Crippen LogP contribution in [0.25, 0.3) is 0 Å². The molecule has 0 aromatic carbocycles. The number of amides is 1. The van der Waals surface area contributed by atoms with E-state index in [0.717, 1.165) is 12.0 Å². The average Bonchev–Trinajstić information content (AvgIpc) is 2.02. The number of nitrogens with two attached hydrogens (primary N) is 1. The van der Waals surface area contributed by atoms with Crippen LogP contribution in [0.3, 0.4) is 0 Å². The Balaban J connectivity index is 4.10. The second-order valence-corrected chi connectivity index (χ2v) is 3.80. The van der Waals surface area contributed by atoms with Crippen LogP contribution >= 0.6 is 0 Å². The van der Waals surface area contributed by atoms with Crippen LogP contribution in [-0.2, 0) is 4.79 Å². The number of rotatable bonds is 5. The van der Waals surface area contributed by atoms with Crippen LogP contribution in [0.5, 0.6) is 0 Å². The fraction of sp³-hybridized carbons (Fsp3) is 0.700. The van der Waals surface area contributed by atoms with Crippen molar-refractivity contribution < 1.29 is 4.79 Å². The third-order valence-corrected chi connectivity index (χ3v) is 1.82. The zero-order valence-corrected chi connectivity index (χ0v) is 8.76. The van der Waals surface area contributed by atoms with Crippen molar-refractivity contribution in [1.29, 1.82) is 0 Å². The molecule has 0 aromatic rings. The molecule has 1 atom stereocenters. The summed E-state index contributed by atoms with van der Waals surface area (Å²) < 4.78 is 0. The molecule has 0 aliphatic heterocycles. The summed E-state index contributed by atoms with van der Waals surface area (Å²) in [6, 6.07) is 0.0658. The van der Waals surface area contributed by atoms with Crippen molar-refractivity contribution in [2.24, 2.45) is 11.7 Å². The Morgan fingerprint density at radius 3 is 2.38 bits per heavy atom. The molecule has 0 aliphatic carbocycles. The lowest BCUT2D eigenvalue weighted by Crippen LogP contribution is -2.39. The molecule has 0 saturated heterocycles. The number of nitrogens with one attached hydrogen (secondary N) is 1. The van der Waals surface area contributed by atoms with E-state index >= 15 is 0 Å². The smallest absolute Gasteiger partial charge is 0.234 e. The molecular weight excluding hydrogens is 164 g/mol. The third-order valence-electron chi connectivity index (χ3n) is 1.82. The van der Waals surface area contributed by atoms with Crippen molar-refractivity contribution in [3.63, 3.8) is 0 Å². The summed E-state index contributed by atoms with van der Waals surface area (Å²) in [5.41, 5.74) is 6.19. The van der Waals surface area contributed by atoms with E-state index in [1.165, 1.54) is 0 Å². The molecule has 0 aromatic heterocycles. The second kappa shape index (κ2) is 5.75. The van der Waals surface area contributed by atoms with Gasteiger partial charge in [-0.15, -0.1) is 0 Å². The molecule has 0 heterocycles. The maximum atomic E-state index is 11.0. The van der Waals surface area contributed by atoms with Gasteiger partial charge in [0.15, 0.2) is 0 Å². The summed E-state index contributed by atoms with van der Waals surface area (Å²) >= 11 is 0. The Bertz CT molecular complexity index is 187. The summed E-state index contributed by atoms with van der Waals surface area (Å²) in [6.45, 7) is 10.0. The van der Waals surface area contributed by atoms with Gasteiger partial charge in [-0.2, -0.15) is 0 Å². The molecule has 0 saturated carbocycles. The monoisotopic (exact) mass is 184 g/mol. The molecule has 0 fully saturated rings. The van der Waals surface area contributed by atoms with E-state index < -0.39 is 0 Å². The topological polar surface area (TPSA) is 55.1 Å². The largest absolute Gasteiger partial charge is 0.349 e. The SMILES string of the molecule is C=C(C)C(CC(C)C)NC(=O)CN. The third kappa shape index (κ3) is 5.42. The van der Waals surface area contributed by atoms with Gasteiger partial charge in [-0.3, -0.25) is 4.79 Å². The molecule has 0 rings (SSSR count). The number of hydrogen-bond donors (Lipinski definition) is 2. The van der Waals surface area contributed by atoms with E-state index in [-0.39, 0.29) is 18.5 Å². The van der Waals surface area contributed by atoms with Crippen LogP contribution in [0, 0.1) is 5.92 Å². The molecule has 0 spiro atoms. The highest BCUT2D eigenvalue weighted by molar-refractivity contribution is 5.78. The number of hydrogen-bond acceptors (Lipinski definition) is 2. The van der Waals surface area contributed by atoms with E-state index in [4.69, 9.17) is 5.73 Å². The van der Waals surface area contributed by atoms with Crippen LogP contribution in [0.2, 0.25) is 0 Å². The Hall–Kier alpha value is -0.830. The summed E-state index contributed by atoms with van der Waals surface area (Å²) in [5.74, 6) is 0.424. The maximum absolute atomic E-state index is 11.0. The summed E-state index contributed by atoms with van der Waals surface area (Å²) in [4.78, 5) is 11.0. The van der Waals surface area contributed by atoms with Gasteiger partial charge in [0.05, 0.1) is 6.54 Å². The van der Waals surface area contributed by atoms with E-state index in [0.29, 0.717) is 5.92 Å². The van der Waals surface area contributed by atoms with Gasteiger partial charge >= 0.3 is 0 Å². The normalized spacial score (nSPS) is 12.7. The first kappa shape index (κ1) is 12.2. The quantitative estimate of drug-likeness (QED) is 0.627. The maximum Gasteiger partial charge on any atom is 0.234 e. The molecule has 3 nitrogen and oxygen atoms in total. The summed E-state index contributed by atoms with van der Waals surface area (Å²) in [5, 5.41) is 2.83. The van der Waals surface area contributed by atoms with Crippen molar-refractivity contribution in [3.05, 3.63) is 12.2 Å². The van der Waals surface area contributed by atoms with Crippen LogP contribution in [0.1, 0.15) is 27.2 Å². The molecule has 1 unspecified atom stereocenters. The van der Waals surface area contributed by atoms with Crippen molar-refractivity contribution >= 4 is 5.91 Å². The van der Waals surface area contributed by atoms with Crippen LogP contribution in [0.15, 0.2) is 12.2 Å². The lowest BCUT2D eigenvalue weighted by atomic mass is 9.99. The lowest BCUT2D eigenvalue weighted by molar-refractivity contribution is -0.120. The molecule has 76 valence electrons. The summed E-state index contributed by atoms with van der Waals surface area (Å²) in [7, 11) is 0. The molecular formula is C10H20N2O. The van der Waals surface area contributed by atoms with Crippen LogP contribution in [0.4, 0.5) is 0 Å². The lowest BCUT2D eigenvalue weighted by Gasteiger charge is -2.20. The summed E-state index contributed by atoms with van der Waals surface area (Å²) in [6.07, 6.45) is 0.918. The fourth-order valence-electron chi connectivity index (χ4n) is 1.11. The van der Waals surface area contributed by atoms with Gasteiger partial charge in [-0.1, -0.05) is 26.0 Å². The minimum absolute atomic E-state index is 0.0435. The van der Waals surface area contributed by atoms with Crippen molar-refractivity contribution in [1.82, 2.24) is 5.32 Å². The average molecular weight is 184 g/mol. The van der Waals surface area contributed by atoms with Gasteiger partial charge in [0.2, 0.25) is 5.91 Å². The van der Waals surface area contributed by atoms with Gasteiger partial charge in [-0.25, -0.2) is 0 Å². The predicted molar refractivity (Wildman–Crippen MR) is 55.3 cm³/mol. The molecule has 13 heavy (non-hydrogen) atoms. The van der Waals surface area contributed by atoms with Crippen LogP contribution < -0.4 is 11.1 Å². The van der Waals surface area contributed by atoms with E-state index in [9.17, 15) is 4.79 Å². The van der Waals surface area contributed by atoms with Gasteiger partial charge < -0.3 is 11.1 Å². The number of carbonyl (C=O) groups is 1. The van der Waals surface area contributed by atoms with Crippen molar-refractivity contribution in [2.75, 3.05) is 6.54 Å². The Morgan fingerprint density at radius 2 is 2.08 bits per heavy atom. The van der Waals surface area contributed by atoms with Gasteiger partial charge in [0, 0.05) is 6.04 Å². The highest BCUT2D eigenvalue weighted by Gasteiger charge is 2.13. The van der Waals surface area contributed by atoms with E-state index in [1.807, 2.05) is 6.92 Å². The second-order valence-electron chi connectivity index (χ2n) is 3.80. The number of carbonyl (C=O) groups excluding carboxylic acids is 1. The van der Waals surface area contributed by atoms with Crippen molar-refractivity contribution in [2.45, 2.75) is 33.2 Å². The minimum Gasteiger partial charge on any atom is -0.349 e. The van der Waals surface area contributed by atoms with Crippen LogP contribution in [-0.4, -0.2) is 18.5 Å². The first-order valence-electron chi connectivity index (χ1n) is 4.62. The molecule has 0 radical (unpaired) electrons. The first-order valence-corrected chi connectivity index (χ1v) is 4.62. The van der Waals surface area contributed by atoms with Gasteiger partial charge in [0.1, 0.15) is 0 Å². The zero-order chi connectivity index (χ0) is 10.4. The zero-order valence-electron chi connectivity index (χ0n) is 8.76. The highest BCUT2D eigenvalue weighted by Crippen LogP contribution is 2.10. The van der Waals surface area contributed by atoms with Gasteiger partial charge in [-0.05, 0) is 19.3 Å². The van der Waals surface area contributed by atoms with E-state index in [1.54, 1.807) is 0 Å². The highest BCUT2D eigenvalue weighted by atomic mass is 16.1. The van der Waals surface area contributed by atoms with Gasteiger partial charge in [0.25, 0.3) is 0 Å².